The first-order valence-corrected chi connectivity index (χ1v) is 10.2. The SMILES string of the molecule is Cc1ccc2nc(CCNC(=O)C3(N4CCOCC4)CCCCC3)[nH]c2c1. The molecule has 2 heterocycles. The van der Waals surface area contributed by atoms with Crippen molar-refractivity contribution in [1.29, 1.82) is 0 Å². The first-order chi connectivity index (χ1) is 13.2. The van der Waals surface area contributed by atoms with E-state index in [1.54, 1.807) is 0 Å². The van der Waals surface area contributed by atoms with Crippen molar-refractivity contribution in [2.24, 2.45) is 0 Å². The fraction of sp³-hybridized carbons (Fsp3) is 0.619. The number of nitrogens with one attached hydrogen (secondary N) is 2. The third-order valence-corrected chi connectivity index (χ3v) is 6.05. The van der Waals surface area contributed by atoms with Crippen LogP contribution in [0.3, 0.4) is 0 Å². The number of aromatic amines is 1. The number of hydrogen-bond acceptors (Lipinski definition) is 4. The molecule has 146 valence electrons. The quantitative estimate of drug-likeness (QED) is 0.849. The van der Waals surface area contributed by atoms with Gasteiger partial charge in [0.1, 0.15) is 11.4 Å². The lowest BCUT2D eigenvalue weighted by molar-refractivity contribution is -0.140. The largest absolute Gasteiger partial charge is 0.379 e. The summed E-state index contributed by atoms with van der Waals surface area (Å²) in [5, 5.41) is 3.21. The van der Waals surface area contributed by atoms with Crippen molar-refractivity contribution in [3.63, 3.8) is 0 Å². The molecule has 4 rings (SSSR count). The van der Waals surface area contributed by atoms with Crippen LogP contribution in [0.2, 0.25) is 0 Å². The molecule has 0 unspecified atom stereocenters. The molecule has 27 heavy (non-hydrogen) atoms. The number of fused-ring (bicyclic) bond motifs is 1. The van der Waals surface area contributed by atoms with Crippen molar-refractivity contribution in [3.05, 3.63) is 29.6 Å². The standard InChI is InChI=1S/C21H30N4O2/c1-16-5-6-17-18(15-16)24-19(23-17)7-10-22-20(26)21(8-3-2-4-9-21)25-11-13-27-14-12-25/h5-6,15H,2-4,7-14H2,1H3,(H,22,26)(H,23,24). The molecule has 2 aromatic rings. The average Bonchev–Trinajstić information content (AvgIpc) is 3.11. The summed E-state index contributed by atoms with van der Waals surface area (Å²) in [5.74, 6) is 1.12. The second-order valence-electron chi connectivity index (χ2n) is 7.90. The normalized spacial score (nSPS) is 20.6. The highest BCUT2D eigenvalue weighted by Gasteiger charge is 2.44. The molecular weight excluding hydrogens is 340 g/mol. The van der Waals surface area contributed by atoms with E-state index in [2.05, 4.69) is 39.2 Å². The number of H-pyrrole nitrogens is 1. The Kier molecular flexibility index (Phi) is 5.45. The summed E-state index contributed by atoms with van der Waals surface area (Å²) in [6.07, 6.45) is 6.14. The molecule has 1 aromatic carbocycles. The number of aryl methyl sites for hydroxylation is 1. The number of nitrogens with zero attached hydrogens (tertiary/aromatic N) is 2. The number of carbonyl (C=O) groups is 1. The summed E-state index contributed by atoms with van der Waals surface area (Å²) >= 11 is 0. The molecule has 6 nitrogen and oxygen atoms in total. The molecule has 2 N–H and O–H groups in total. The maximum absolute atomic E-state index is 13.2. The molecule has 1 aliphatic carbocycles. The minimum absolute atomic E-state index is 0.191. The van der Waals surface area contributed by atoms with Gasteiger partial charge in [0.25, 0.3) is 0 Å². The third kappa shape index (κ3) is 3.87. The average molecular weight is 370 g/mol. The van der Waals surface area contributed by atoms with Gasteiger partial charge in [0.05, 0.1) is 24.2 Å². The van der Waals surface area contributed by atoms with Crippen molar-refractivity contribution in [2.45, 2.75) is 51.0 Å². The van der Waals surface area contributed by atoms with Crippen molar-refractivity contribution in [1.82, 2.24) is 20.2 Å². The molecule has 1 saturated carbocycles. The lowest BCUT2D eigenvalue weighted by Gasteiger charge is -2.46. The summed E-state index contributed by atoms with van der Waals surface area (Å²) < 4.78 is 5.51. The molecule has 1 aromatic heterocycles. The van der Waals surface area contributed by atoms with Crippen LogP contribution >= 0.6 is 0 Å². The van der Waals surface area contributed by atoms with Gasteiger partial charge >= 0.3 is 0 Å². The van der Waals surface area contributed by atoms with E-state index in [1.165, 1.54) is 12.0 Å². The Morgan fingerprint density at radius 1 is 1.26 bits per heavy atom. The number of benzene rings is 1. The highest BCUT2D eigenvalue weighted by molar-refractivity contribution is 5.86. The molecule has 0 atom stereocenters. The monoisotopic (exact) mass is 370 g/mol. The minimum Gasteiger partial charge on any atom is -0.379 e. The maximum Gasteiger partial charge on any atom is 0.240 e. The van der Waals surface area contributed by atoms with Crippen molar-refractivity contribution in [3.8, 4) is 0 Å². The Bertz CT molecular complexity index is 789. The molecule has 0 bridgehead atoms. The van der Waals surface area contributed by atoms with E-state index in [0.717, 1.165) is 75.3 Å². The molecule has 2 fully saturated rings. The number of carbonyl (C=O) groups excluding carboxylic acids is 1. The van der Waals surface area contributed by atoms with Gasteiger partial charge in [-0.2, -0.15) is 0 Å². The first-order valence-electron chi connectivity index (χ1n) is 10.2. The van der Waals surface area contributed by atoms with E-state index in [0.29, 0.717) is 6.54 Å². The Hall–Kier alpha value is -1.92. The Morgan fingerprint density at radius 2 is 2.04 bits per heavy atom. The van der Waals surface area contributed by atoms with Gasteiger partial charge in [0, 0.05) is 26.1 Å². The summed E-state index contributed by atoms with van der Waals surface area (Å²) in [7, 11) is 0. The van der Waals surface area contributed by atoms with Gasteiger partial charge in [0.2, 0.25) is 5.91 Å². The van der Waals surface area contributed by atoms with Crippen molar-refractivity contribution < 1.29 is 9.53 Å². The van der Waals surface area contributed by atoms with Gasteiger partial charge in [-0.1, -0.05) is 25.3 Å². The lowest BCUT2D eigenvalue weighted by Crippen LogP contribution is -2.62. The molecular formula is C21H30N4O2. The topological polar surface area (TPSA) is 70.2 Å². The number of aromatic nitrogens is 2. The van der Waals surface area contributed by atoms with Crippen LogP contribution < -0.4 is 5.32 Å². The fourth-order valence-corrected chi connectivity index (χ4v) is 4.57. The van der Waals surface area contributed by atoms with Crippen LogP contribution in [-0.2, 0) is 16.0 Å². The molecule has 0 spiro atoms. The van der Waals surface area contributed by atoms with Gasteiger partial charge in [0.15, 0.2) is 0 Å². The number of imidazole rings is 1. The number of hydrogen-bond donors (Lipinski definition) is 2. The first kappa shape index (κ1) is 18.4. The van der Waals surface area contributed by atoms with Crippen LogP contribution in [0.4, 0.5) is 0 Å². The highest BCUT2D eigenvalue weighted by atomic mass is 16.5. The number of ether oxygens (including phenoxy) is 1. The van der Waals surface area contributed by atoms with Crippen LogP contribution in [-0.4, -0.2) is 59.2 Å². The van der Waals surface area contributed by atoms with E-state index in [9.17, 15) is 4.79 Å². The second kappa shape index (κ2) is 7.98. The number of amides is 1. The predicted molar refractivity (Wildman–Crippen MR) is 106 cm³/mol. The zero-order valence-electron chi connectivity index (χ0n) is 16.2. The van der Waals surface area contributed by atoms with Crippen LogP contribution in [0.1, 0.15) is 43.5 Å². The number of morpholine rings is 1. The Labute approximate surface area is 160 Å². The van der Waals surface area contributed by atoms with Crippen molar-refractivity contribution in [2.75, 3.05) is 32.8 Å². The van der Waals surface area contributed by atoms with Gasteiger partial charge in [-0.25, -0.2) is 4.98 Å². The lowest BCUT2D eigenvalue weighted by atomic mass is 9.79. The van der Waals surface area contributed by atoms with Crippen LogP contribution in [0, 0.1) is 6.92 Å². The van der Waals surface area contributed by atoms with Crippen LogP contribution in [0.25, 0.3) is 11.0 Å². The fourth-order valence-electron chi connectivity index (χ4n) is 4.57. The van der Waals surface area contributed by atoms with Gasteiger partial charge < -0.3 is 15.0 Å². The zero-order chi connectivity index (χ0) is 18.7. The molecule has 0 radical (unpaired) electrons. The van der Waals surface area contributed by atoms with E-state index >= 15 is 0 Å². The molecule has 2 aliphatic rings. The predicted octanol–water partition coefficient (Wildman–Crippen LogP) is 2.57. The molecule has 1 amide bonds. The van der Waals surface area contributed by atoms with E-state index in [1.807, 2.05) is 6.07 Å². The molecule has 1 saturated heterocycles. The summed E-state index contributed by atoms with van der Waals surface area (Å²) in [4.78, 5) is 23.6. The van der Waals surface area contributed by atoms with E-state index < -0.39 is 0 Å². The van der Waals surface area contributed by atoms with Crippen molar-refractivity contribution >= 4 is 16.9 Å². The van der Waals surface area contributed by atoms with Gasteiger partial charge in [-0.05, 0) is 37.5 Å². The summed E-state index contributed by atoms with van der Waals surface area (Å²) in [6, 6.07) is 6.22. The molecule has 6 heteroatoms. The van der Waals surface area contributed by atoms with Gasteiger partial charge in [-0.15, -0.1) is 0 Å². The summed E-state index contributed by atoms with van der Waals surface area (Å²) in [5.41, 5.74) is 2.93. The number of rotatable bonds is 5. The smallest absolute Gasteiger partial charge is 0.240 e. The molecule has 1 aliphatic heterocycles. The third-order valence-electron chi connectivity index (χ3n) is 6.05. The minimum atomic E-state index is -0.340. The van der Waals surface area contributed by atoms with Crippen LogP contribution in [0.15, 0.2) is 18.2 Å². The highest BCUT2D eigenvalue weighted by Crippen LogP contribution is 2.34. The zero-order valence-corrected chi connectivity index (χ0v) is 16.2. The summed E-state index contributed by atoms with van der Waals surface area (Å²) in [6.45, 7) is 5.87. The Morgan fingerprint density at radius 3 is 2.81 bits per heavy atom. The Balaban J connectivity index is 1.40. The van der Waals surface area contributed by atoms with E-state index in [-0.39, 0.29) is 11.4 Å². The second-order valence-corrected chi connectivity index (χ2v) is 7.90. The maximum atomic E-state index is 13.2. The van der Waals surface area contributed by atoms with Crippen LogP contribution in [0.5, 0.6) is 0 Å². The van der Waals surface area contributed by atoms with E-state index in [4.69, 9.17) is 4.74 Å². The van der Waals surface area contributed by atoms with Gasteiger partial charge in [-0.3, -0.25) is 9.69 Å².